The van der Waals surface area contributed by atoms with E-state index in [2.05, 4.69) is 22.2 Å². The van der Waals surface area contributed by atoms with Crippen LogP contribution in [0.1, 0.15) is 29.9 Å². The summed E-state index contributed by atoms with van der Waals surface area (Å²) in [5.41, 5.74) is 2.89. The Hall–Kier alpha value is -1.94. The summed E-state index contributed by atoms with van der Waals surface area (Å²) >= 11 is 0. The maximum absolute atomic E-state index is 5.43. The van der Waals surface area contributed by atoms with Gasteiger partial charge in [0.25, 0.3) is 0 Å². The van der Waals surface area contributed by atoms with Crippen LogP contribution in [0.4, 0.5) is 0 Å². The molecule has 4 nitrogen and oxygen atoms in total. The van der Waals surface area contributed by atoms with Crippen LogP contribution in [0.3, 0.4) is 0 Å². The molecule has 19 heavy (non-hydrogen) atoms. The molecule has 1 aromatic carbocycles. The van der Waals surface area contributed by atoms with Gasteiger partial charge >= 0.3 is 0 Å². The van der Waals surface area contributed by atoms with Crippen LogP contribution in [0.2, 0.25) is 0 Å². The molecule has 1 N–H and O–H groups in total. The molecule has 1 aromatic heterocycles. The van der Waals surface area contributed by atoms with Crippen molar-refractivity contribution < 1.29 is 4.74 Å². The molecule has 2 aromatic rings. The molecular weight excluding hydrogens is 238 g/mol. The number of rotatable bonds is 5. The molecule has 0 saturated carbocycles. The second kappa shape index (κ2) is 6.29. The van der Waals surface area contributed by atoms with Crippen LogP contribution in [0.25, 0.3) is 0 Å². The van der Waals surface area contributed by atoms with Crippen LogP contribution in [0.15, 0.2) is 36.7 Å². The van der Waals surface area contributed by atoms with E-state index in [1.165, 1.54) is 0 Å². The van der Waals surface area contributed by atoms with E-state index in [0.717, 1.165) is 29.2 Å². The average Bonchev–Trinajstić information content (AvgIpc) is 2.46. The van der Waals surface area contributed by atoms with Crippen LogP contribution in [0.5, 0.6) is 5.75 Å². The minimum atomic E-state index is -0.00532. The molecule has 2 rings (SSSR count). The molecule has 0 aliphatic carbocycles. The number of benzene rings is 1. The molecule has 4 heteroatoms. The summed E-state index contributed by atoms with van der Waals surface area (Å²) in [5, 5.41) is 3.43. The molecule has 0 fully saturated rings. The highest BCUT2D eigenvalue weighted by Gasteiger charge is 2.18. The van der Waals surface area contributed by atoms with Gasteiger partial charge in [-0.3, -0.25) is 9.97 Å². The molecule has 1 atom stereocenters. The lowest BCUT2D eigenvalue weighted by atomic mass is 10.0. The predicted molar refractivity (Wildman–Crippen MR) is 75.3 cm³/mol. The average molecular weight is 257 g/mol. The van der Waals surface area contributed by atoms with Crippen LogP contribution >= 0.6 is 0 Å². The maximum Gasteiger partial charge on any atom is 0.124 e. The number of para-hydroxylation sites is 1. The highest BCUT2D eigenvalue weighted by molar-refractivity contribution is 5.39. The normalized spacial score (nSPS) is 12.2. The molecule has 0 radical (unpaired) electrons. The van der Waals surface area contributed by atoms with Gasteiger partial charge in [0.05, 0.1) is 30.7 Å². The van der Waals surface area contributed by atoms with Gasteiger partial charge in [0.1, 0.15) is 5.75 Å². The van der Waals surface area contributed by atoms with Crippen molar-refractivity contribution >= 4 is 0 Å². The summed E-state index contributed by atoms with van der Waals surface area (Å²) in [5.74, 6) is 0.857. The molecule has 100 valence electrons. The topological polar surface area (TPSA) is 47.0 Å². The fourth-order valence-electron chi connectivity index (χ4n) is 2.03. The molecular formula is C15H19N3O. The smallest absolute Gasteiger partial charge is 0.124 e. The van der Waals surface area contributed by atoms with E-state index < -0.39 is 0 Å². The first-order valence-electron chi connectivity index (χ1n) is 6.41. The minimum absolute atomic E-state index is 0.00532. The zero-order chi connectivity index (χ0) is 13.7. The van der Waals surface area contributed by atoms with Gasteiger partial charge in [-0.15, -0.1) is 0 Å². The lowest BCUT2D eigenvalue weighted by molar-refractivity contribution is 0.403. The van der Waals surface area contributed by atoms with Crippen molar-refractivity contribution in [2.24, 2.45) is 0 Å². The van der Waals surface area contributed by atoms with Crippen molar-refractivity contribution in [2.75, 3.05) is 13.7 Å². The standard InChI is InChI=1S/C15H19N3O/c1-4-16-15(13-10-17-11(2)9-18-13)12-7-5-6-8-14(12)19-3/h5-10,15-16H,4H2,1-3H3. The Morgan fingerprint density at radius 1 is 1.21 bits per heavy atom. The lowest BCUT2D eigenvalue weighted by Gasteiger charge is -2.20. The third-order valence-corrected chi connectivity index (χ3v) is 2.95. The Morgan fingerprint density at radius 3 is 2.63 bits per heavy atom. The molecule has 0 aliphatic rings. The van der Waals surface area contributed by atoms with E-state index in [-0.39, 0.29) is 6.04 Å². The number of methoxy groups -OCH3 is 1. The number of ether oxygens (including phenoxy) is 1. The van der Waals surface area contributed by atoms with Crippen molar-refractivity contribution in [1.29, 1.82) is 0 Å². The lowest BCUT2D eigenvalue weighted by Crippen LogP contribution is -2.23. The minimum Gasteiger partial charge on any atom is -0.496 e. The van der Waals surface area contributed by atoms with Gasteiger partial charge in [-0.2, -0.15) is 0 Å². The van der Waals surface area contributed by atoms with Gasteiger partial charge in [-0.1, -0.05) is 25.1 Å². The summed E-state index contributed by atoms with van der Waals surface area (Å²) < 4.78 is 5.43. The second-order valence-electron chi connectivity index (χ2n) is 4.32. The summed E-state index contributed by atoms with van der Waals surface area (Å²) in [4.78, 5) is 8.79. The highest BCUT2D eigenvalue weighted by atomic mass is 16.5. The predicted octanol–water partition coefficient (Wildman–Crippen LogP) is 2.49. The fraction of sp³-hybridized carbons (Fsp3) is 0.333. The number of hydrogen-bond donors (Lipinski definition) is 1. The first kappa shape index (κ1) is 13.5. The van der Waals surface area contributed by atoms with E-state index in [0.29, 0.717) is 0 Å². The summed E-state index contributed by atoms with van der Waals surface area (Å²) in [7, 11) is 1.68. The van der Waals surface area contributed by atoms with Crippen LogP contribution in [-0.4, -0.2) is 23.6 Å². The van der Waals surface area contributed by atoms with Crippen molar-refractivity contribution in [3.8, 4) is 5.75 Å². The Morgan fingerprint density at radius 2 is 2.00 bits per heavy atom. The van der Waals surface area contributed by atoms with Crippen molar-refractivity contribution in [1.82, 2.24) is 15.3 Å². The van der Waals surface area contributed by atoms with E-state index >= 15 is 0 Å². The highest BCUT2D eigenvalue weighted by Crippen LogP contribution is 2.28. The zero-order valence-electron chi connectivity index (χ0n) is 11.6. The fourth-order valence-corrected chi connectivity index (χ4v) is 2.03. The number of aromatic nitrogens is 2. The number of aryl methyl sites for hydroxylation is 1. The van der Waals surface area contributed by atoms with Crippen molar-refractivity contribution in [3.05, 3.63) is 53.6 Å². The Kier molecular flexibility index (Phi) is 4.47. The summed E-state index contributed by atoms with van der Waals surface area (Å²) in [6, 6.07) is 7.97. The molecule has 0 spiro atoms. The Bertz CT molecular complexity index is 525. The van der Waals surface area contributed by atoms with Gasteiger partial charge in [0, 0.05) is 11.8 Å². The third kappa shape index (κ3) is 3.09. The van der Waals surface area contributed by atoms with E-state index in [9.17, 15) is 0 Å². The molecule has 1 heterocycles. The molecule has 0 amide bonds. The largest absolute Gasteiger partial charge is 0.496 e. The van der Waals surface area contributed by atoms with Gasteiger partial charge in [0.2, 0.25) is 0 Å². The molecule has 1 unspecified atom stereocenters. The molecule has 0 aliphatic heterocycles. The van der Waals surface area contributed by atoms with E-state index in [1.807, 2.05) is 37.4 Å². The second-order valence-corrected chi connectivity index (χ2v) is 4.32. The van der Waals surface area contributed by atoms with Gasteiger partial charge in [-0.05, 0) is 19.5 Å². The van der Waals surface area contributed by atoms with Crippen LogP contribution < -0.4 is 10.1 Å². The van der Waals surface area contributed by atoms with E-state index in [4.69, 9.17) is 4.74 Å². The number of nitrogens with one attached hydrogen (secondary N) is 1. The SMILES string of the molecule is CCNC(c1cnc(C)cn1)c1ccccc1OC. The van der Waals surface area contributed by atoms with Crippen molar-refractivity contribution in [3.63, 3.8) is 0 Å². The summed E-state index contributed by atoms with van der Waals surface area (Å²) in [6.45, 7) is 4.85. The number of nitrogens with zero attached hydrogens (tertiary/aromatic N) is 2. The van der Waals surface area contributed by atoms with Gasteiger partial charge < -0.3 is 10.1 Å². The Balaban J connectivity index is 2.42. The maximum atomic E-state index is 5.43. The molecule has 0 saturated heterocycles. The first-order valence-corrected chi connectivity index (χ1v) is 6.41. The van der Waals surface area contributed by atoms with Crippen molar-refractivity contribution in [2.45, 2.75) is 19.9 Å². The first-order chi connectivity index (χ1) is 9.26. The summed E-state index contributed by atoms with van der Waals surface area (Å²) in [6.07, 6.45) is 3.60. The van der Waals surface area contributed by atoms with Gasteiger partial charge in [-0.25, -0.2) is 0 Å². The monoisotopic (exact) mass is 257 g/mol. The Labute approximate surface area is 113 Å². The molecule has 0 bridgehead atoms. The quantitative estimate of drug-likeness (QED) is 0.894. The van der Waals surface area contributed by atoms with Gasteiger partial charge in [0.15, 0.2) is 0 Å². The van der Waals surface area contributed by atoms with E-state index in [1.54, 1.807) is 13.3 Å². The number of hydrogen-bond acceptors (Lipinski definition) is 4. The van der Waals surface area contributed by atoms with Crippen LogP contribution in [0, 0.1) is 6.92 Å². The zero-order valence-corrected chi connectivity index (χ0v) is 11.6. The third-order valence-electron chi connectivity index (χ3n) is 2.95. The van der Waals surface area contributed by atoms with Crippen LogP contribution in [-0.2, 0) is 0 Å².